The average molecular weight is 276 g/mol. The lowest BCUT2D eigenvalue weighted by molar-refractivity contribution is 0.630. The van der Waals surface area contributed by atoms with Crippen molar-refractivity contribution in [2.75, 3.05) is 0 Å². The van der Waals surface area contributed by atoms with Crippen molar-refractivity contribution < 1.29 is 4.39 Å². The monoisotopic (exact) mass is 275 g/mol. The Bertz CT molecular complexity index is 615. The van der Waals surface area contributed by atoms with Crippen molar-refractivity contribution in [3.8, 4) is 17.2 Å². The van der Waals surface area contributed by atoms with Gasteiger partial charge in [-0.15, -0.1) is 0 Å². The second-order valence-electron chi connectivity index (χ2n) is 3.79. The molecule has 98 valence electrons. The lowest BCUT2D eigenvalue weighted by Gasteiger charge is -2.05. The van der Waals surface area contributed by atoms with Crippen LogP contribution in [0.25, 0.3) is 11.1 Å². The Morgan fingerprint density at radius 1 is 1.11 bits per heavy atom. The van der Waals surface area contributed by atoms with Crippen LogP contribution in [0.15, 0.2) is 36.4 Å². The first-order chi connectivity index (χ1) is 9.11. The van der Waals surface area contributed by atoms with Gasteiger partial charge in [0.2, 0.25) is 0 Å². The third kappa shape index (κ3) is 3.56. The third-order valence-corrected chi connectivity index (χ3v) is 2.84. The van der Waals surface area contributed by atoms with E-state index < -0.39 is 0 Å². The van der Waals surface area contributed by atoms with Gasteiger partial charge in [-0.1, -0.05) is 43.6 Å². The van der Waals surface area contributed by atoms with E-state index in [1.807, 2.05) is 32.9 Å². The molecule has 0 atom stereocenters. The number of hydrogen-bond acceptors (Lipinski definition) is 1. The van der Waals surface area contributed by atoms with Gasteiger partial charge in [-0.25, -0.2) is 4.39 Å². The molecule has 0 aliphatic heterocycles. The molecule has 19 heavy (non-hydrogen) atoms. The molecular formula is C16H15ClFN. The van der Waals surface area contributed by atoms with E-state index in [1.54, 1.807) is 24.3 Å². The molecule has 2 rings (SSSR count). The fourth-order valence-corrected chi connectivity index (χ4v) is 1.85. The van der Waals surface area contributed by atoms with Crippen LogP contribution in [0.2, 0.25) is 5.02 Å². The number of nitriles is 1. The van der Waals surface area contributed by atoms with E-state index in [9.17, 15) is 4.39 Å². The molecular weight excluding hydrogens is 261 g/mol. The van der Waals surface area contributed by atoms with E-state index in [2.05, 4.69) is 0 Å². The molecule has 0 aliphatic carbocycles. The molecule has 3 heteroatoms. The first-order valence-corrected chi connectivity index (χ1v) is 6.46. The molecule has 0 amide bonds. The highest BCUT2D eigenvalue weighted by molar-refractivity contribution is 6.32. The molecule has 0 radical (unpaired) electrons. The molecule has 0 N–H and O–H groups in total. The van der Waals surface area contributed by atoms with Crippen LogP contribution in [0.4, 0.5) is 4.39 Å². The summed E-state index contributed by atoms with van der Waals surface area (Å²) in [5, 5.41) is 9.10. The van der Waals surface area contributed by atoms with Crippen molar-refractivity contribution in [2.45, 2.75) is 20.8 Å². The van der Waals surface area contributed by atoms with Gasteiger partial charge in [0, 0.05) is 5.56 Å². The van der Waals surface area contributed by atoms with E-state index in [-0.39, 0.29) is 5.82 Å². The SMILES string of the molecule is CC.Cc1ccc(-c2ccc(C#N)c(Cl)c2)c(F)c1. The first kappa shape index (κ1) is 15.2. The number of nitrogens with zero attached hydrogens (tertiary/aromatic N) is 1. The molecule has 0 aromatic heterocycles. The van der Waals surface area contributed by atoms with Crippen molar-refractivity contribution in [2.24, 2.45) is 0 Å². The fraction of sp³-hybridized carbons (Fsp3) is 0.188. The van der Waals surface area contributed by atoms with Gasteiger partial charge < -0.3 is 0 Å². The van der Waals surface area contributed by atoms with Crippen molar-refractivity contribution in [3.63, 3.8) is 0 Å². The maximum Gasteiger partial charge on any atom is 0.131 e. The van der Waals surface area contributed by atoms with E-state index in [0.29, 0.717) is 21.7 Å². The lowest BCUT2D eigenvalue weighted by Crippen LogP contribution is -1.87. The summed E-state index contributed by atoms with van der Waals surface area (Å²) >= 11 is 5.92. The molecule has 1 nitrogen and oxygen atoms in total. The molecule has 0 spiro atoms. The van der Waals surface area contributed by atoms with E-state index in [1.165, 1.54) is 6.07 Å². The van der Waals surface area contributed by atoms with Crippen molar-refractivity contribution >= 4 is 11.6 Å². The lowest BCUT2D eigenvalue weighted by atomic mass is 10.0. The second-order valence-corrected chi connectivity index (χ2v) is 4.20. The summed E-state index contributed by atoms with van der Waals surface area (Å²) in [4.78, 5) is 0. The zero-order valence-electron chi connectivity index (χ0n) is 11.2. The van der Waals surface area contributed by atoms with E-state index in [4.69, 9.17) is 16.9 Å². The van der Waals surface area contributed by atoms with Crippen LogP contribution in [0.1, 0.15) is 25.0 Å². The highest BCUT2D eigenvalue weighted by atomic mass is 35.5. The van der Waals surface area contributed by atoms with Crippen LogP contribution in [0, 0.1) is 24.1 Å². The minimum absolute atomic E-state index is 0.286. The quantitative estimate of drug-likeness (QED) is 0.688. The number of halogens is 2. The zero-order chi connectivity index (χ0) is 14.4. The number of hydrogen-bond donors (Lipinski definition) is 0. The Labute approximate surface area is 118 Å². The zero-order valence-corrected chi connectivity index (χ0v) is 11.9. The molecule has 0 saturated carbocycles. The minimum atomic E-state index is -0.286. The van der Waals surface area contributed by atoms with Crippen LogP contribution in [0.5, 0.6) is 0 Å². The maximum absolute atomic E-state index is 13.7. The van der Waals surface area contributed by atoms with Gasteiger partial charge >= 0.3 is 0 Å². The number of aryl methyl sites for hydroxylation is 1. The number of rotatable bonds is 1. The Morgan fingerprint density at radius 3 is 2.32 bits per heavy atom. The Kier molecular flexibility index (Phi) is 5.54. The molecule has 2 aromatic carbocycles. The van der Waals surface area contributed by atoms with Crippen LogP contribution < -0.4 is 0 Å². The third-order valence-electron chi connectivity index (χ3n) is 2.53. The van der Waals surface area contributed by atoms with Crippen molar-refractivity contribution in [3.05, 3.63) is 58.4 Å². The molecule has 2 aromatic rings. The normalized spacial score (nSPS) is 9.26. The van der Waals surface area contributed by atoms with Crippen LogP contribution in [-0.4, -0.2) is 0 Å². The molecule has 0 bridgehead atoms. The minimum Gasteiger partial charge on any atom is -0.206 e. The maximum atomic E-state index is 13.7. The summed E-state index contributed by atoms with van der Waals surface area (Å²) in [7, 11) is 0. The van der Waals surface area contributed by atoms with Crippen LogP contribution in [0.3, 0.4) is 0 Å². The summed E-state index contributed by atoms with van der Waals surface area (Å²) < 4.78 is 13.7. The van der Waals surface area contributed by atoms with Gasteiger partial charge in [0.25, 0.3) is 0 Å². The molecule has 0 aliphatic rings. The summed E-state index contributed by atoms with van der Waals surface area (Å²) in [6.07, 6.45) is 0. The fourth-order valence-electron chi connectivity index (χ4n) is 1.63. The Balaban J connectivity index is 0.000000861. The first-order valence-electron chi connectivity index (χ1n) is 6.08. The number of benzene rings is 2. The second kappa shape index (κ2) is 6.92. The molecule has 0 fully saturated rings. The van der Waals surface area contributed by atoms with E-state index >= 15 is 0 Å². The topological polar surface area (TPSA) is 23.8 Å². The van der Waals surface area contributed by atoms with Crippen molar-refractivity contribution in [1.29, 1.82) is 5.26 Å². The largest absolute Gasteiger partial charge is 0.206 e. The van der Waals surface area contributed by atoms with Gasteiger partial charge in [0.15, 0.2) is 0 Å². The van der Waals surface area contributed by atoms with Crippen LogP contribution >= 0.6 is 11.6 Å². The Morgan fingerprint density at radius 2 is 1.79 bits per heavy atom. The van der Waals surface area contributed by atoms with Gasteiger partial charge in [-0.3, -0.25) is 0 Å². The summed E-state index contributed by atoms with van der Waals surface area (Å²) in [6, 6.07) is 11.9. The van der Waals surface area contributed by atoms with Gasteiger partial charge in [0.05, 0.1) is 10.6 Å². The predicted molar refractivity (Wildman–Crippen MR) is 77.6 cm³/mol. The average Bonchev–Trinajstić information content (AvgIpc) is 2.41. The smallest absolute Gasteiger partial charge is 0.131 e. The summed E-state index contributed by atoms with van der Waals surface area (Å²) in [5.74, 6) is -0.286. The standard InChI is InChI=1S/C14H9ClFN.C2H6/c1-9-2-5-12(14(16)6-9)10-3-4-11(8-17)13(15)7-10;1-2/h2-7H,1H3;1-2H3. The van der Waals surface area contributed by atoms with Crippen LogP contribution in [-0.2, 0) is 0 Å². The summed E-state index contributed by atoms with van der Waals surface area (Å²) in [5.41, 5.74) is 2.42. The molecule has 0 unspecified atom stereocenters. The van der Waals surface area contributed by atoms with Crippen molar-refractivity contribution in [1.82, 2.24) is 0 Å². The van der Waals surface area contributed by atoms with Gasteiger partial charge in [-0.05, 0) is 36.2 Å². The highest BCUT2D eigenvalue weighted by Crippen LogP contribution is 2.27. The predicted octanol–water partition coefficient (Wildman–Crippen LogP) is 5.35. The molecule has 0 saturated heterocycles. The van der Waals surface area contributed by atoms with Gasteiger partial charge in [-0.2, -0.15) is 5.26 Å². The van der Waals surface area contributed by atoms with Gasteiger partial charge in [0.1, 0.15) is 11.9 Å². The Hall–Kier alpha value is -1.85. The summed E-state index contributed by atoms with van der Waals surface area (Å²) in [6.45, 7) is 5.83. The molecule has 0 heterocycles. The van der Waals surface area contributed by atoms with E-state index in [0.717, 1.165) is 5.56 Å². The highest BCUT2D eigenvalue weighted by Gasteiger charge is 2.07.